The van der Waals surface area contributed by atoms with Gasteiger partial charge in [0.2, 0.25) is 5.91 Å². The van der Waals surface area contributed by atoms with E-state index in [4.69, 9.17) is 23.2 Å². The zero-order valence-electron chi connectivity index (χ0n) is 13.6. The monoisotopic (exact) mass is 380 g/mol. The van der Waals surface area contributed by atoms with Crippen LogP contribution in [-0.4, -0.2) is 34.5 Å². The van der Waals surface area contributed by atoms with E-state index in [9.17, 15) is 9.18 Å². The molecule has 8 heteroatoms. The number of halogens is 3. The number of anilines is 2. The van der Waals surface area contributed by atoms with Crippen LogP contribution in [0.2, 0.25) is 10.0 Å². The molecule has 3 aromatic rings. The van der Waals surface area contributed by atoms with E-state index in [0.29, 0.717) is 11.5 Å². The number of aromatic nitrogens is 2. The fraction of sp³-hybridized carbons (Fsp3) is 0.176. The molecule has 0 fully saturated rings. The molecule has 0 aliphatic heterocycles. The molecule has 1 N–H and O–H groups in total. The molecule has 0 bridgehead atoms. The van der Waals surface area contributed by atoms with E-state index < -0.39 is 5.82 Å². The number of hydrogen-bond donors (Lipinski definition) is 1. The summed E-state index contributed by atoms with van der Waals surface area (Å²) in [5, 5.41) is 4.16. The predicted molar refractivity (Wildman–Crippen MR) is 98.1 cm³/mol. The first-order valence-electron chi connectivity index (χ1n) is 7.42. The quantitative estimate of drug-likeness (QED) is 0.733. The van der Waals surface area contributed by atoms with Crippen molar-refractivity contribution in [1.29, 1.82) is 0 Å². The maximum absolute atomic E-state index is 13.3. The predicted octanol–water partition coefficient (Wildman–Crippen LogP) is 4.31. The molecule has 0 unspecified atom stereocenters. The Labute approximate surface area is 154 Å². The Bertz CT molecular complexity index is 932. The SMILES string of the molecule is CN(C)C(=O)Cn1ccc2c(Nc3c(Cl)cc(F)cc3Cl)nccc21. The summed E-state index contributed by atoms with van der Waals surface area (Å²) in [6.45, 7) is 0.220. The largest absolute Gasteiger partial charge is 0.347 e. The van der Waals surface area contributed by atoms with Gasteiger partial charge in [-0.25, -0.2) is 9.37 Å². The lowest BCUT2D eigenvalue weighted by molar-refractivity contribution is -0.129. The van der Waals surface area contributed by atoms with Crippen LogP contribution in [0.3, 0.4) is 0 Å². The number of hydrogen-bond acceptors (Lipinski definition) is 3. The molecule has 1 aromatic carbocycles. The molecule has 2 aromatic heterocycles. The van der Waals surface area contributed by atoms with Crippen LogP contribution >= 0.6 is 23.2 Å². The summed E-state index contributed by atoms with van der Waals surface area (Å²) in [6, 6.07) is 6.02. The van der Waals surface area contributed by atoms with Crippen molar-refractivity contribution in [1.82, 2.24) is 14.5 Å². The van der Waals surface area contributed by atoms with Crippen LogP contribution in [-0.2, 0) is 11.3 Å². The van der Waals surface area contributed by atoms with Crippen molar-refractivity contribution in [2.45, 2.75) is 6.54 Å². The molecule has 0 saturated heterocycles. The molecular formula is C17H15Cl2FN4O. The van der Waals surface area contributed by atoms with Gasteiger partial charge in [0, 0.05) is 31.9 Å². The normalized spacial score (nSPS) is 10.9. The molecule has 25 heavy (non-hydrogen) atoms. The molecule has 130 valence electrons. The third-order valence-electron chi connectivity index (χ3n) is 3.75. The van der Waals surface area contributed by atoms with Crippen molar-refractivity contribution in [2.24, 2.45) is 0 Å². The van der Waals surface area contributed by atoms with Crippen molar-refractivity contribution >= 4 is 51.5 Å². The summed E-state index contributed by atoms with van der Waals surface area (Å²) in [7, 11) is 3.42. The third-order valence-corrected chi connectivity index (χ3v) is 4.35. The summed E-state index contributed by atoms with van der Waals surface area (Å²) in [5.41, 5.74) is 1.21. The Hall–Kier alpha value is -2.31. The van der Waals surface area contributed by atoms with Crippen LogP contribution in [0.4, 0.5) is 15.9 Å². The number of amides is 1. The summed E-state index contributed by atoms with van der Waals surface area (Å²) in [5.74, 6) is -0.0162. The Balaban J connectivity index is 1.99. The second-order valence-electron chi connectivity index (χ2n) is 5.69. The van der Waals surface area contributed by atoms with Crippen LogP contribution in [0.15, 0.2) is 36.7 Å². The third kappa shape index (κ3) is 3.55. The average Bonchev–Trinajstić information content (AvgIpc) is 2.94. The fourth-order valence-electron chi connectivity index (χ4n) is 2.43. The number of carbonyl (C=O) groups excluding carboxylic acids is 1. The van der Waals surface area contributed by atoms with Crippen LogP contribution in [0.25, 0.3) is 10.9 Å². The molecule has 5 nitrogen and oxygen atoms in total. The van der Waals surface area contributed by atoms with Crippen molar-refractivity contribution in [3.63, 3.8) is 0 Å². The highest BCUT2D eigenvalue weighted by atomic mass is 35.5. The molecule has 1 amide bonds. The molecule has 2 heterocycles. The van der Waals surface area contributed by atoms with Crippen LogP contribution in [0.1, 0.15) is 0 Å². The number of pyridine rings is 1. The lowest BCUT2D eigenvalue weighted by atomic mass is 10.2. The molecular weight excluding hydrogens is 366 g/mol. The van der Waals surface area contributed by atoms with Gasteiger partial charge < -0.3 is 14.8 Å². The van der Waals surface area contributed by atoms with E-state index in [2.05, 4.69) is 10.3 Å². The van der Waals surface area contributed by atoms with Gasteiger partial charge >= 0.3 is 0 Å². The van der Waals surface area contributed by atoms with Gasteiger partial charge in [0.25, 0.3) is 0 Å². The van der Waals surface area contributed by atoms with E-state index in [1.54, 1.807) is 20.3 Å². The van der Waals surface area contributed by atoms with Crippen LogP contribution in [0, 0.1) is 5.82 Å². The highest BCUT2D eigenvalue weighted by Crippen LogP contribution is 2.35. The second-order valence-corrected chi connectivity index (χ2v) is 6.51. The Kier molecular flexibility index (Phi) is 4.83. The van der Waals surface area contributed by atoms with Crippen molar-refractivity contribution in [3.05, 3.63) is 52.5 Å². The fourth-order valence-corrected chi connectivity index (χ4v) is 2.98. The van der Waals surface area contributed by atoms with E-state index in [1.165, 1.54) is 17.0 Å². The number of fused-ring (bicyclic) bond motifs is 1. The summed E-state index contributed by atoms with van der Waals surface area (Å²) in [4.78, 5) is 17.8. The first-order valence-corrected chi connectivity index (χ1v) is 8.18. The van der Waals surface area contributed by atoms with Gasteiger partial charge in [-0.1, -0.05) is 23.2 Å². The summed E-state index contributed by atoms with van der Waals surface area (Å²) < 4.78 is 15.2. The van der Waals surface area contributed by atoms with Crippen molar-refractivity contribution in [3.8, 4) is 0 Å². The van der Waals surface area contributed by atoms with E-state index >= 15 is 0 Å². The Morgan fingerprint density at radius 2 is 1.96 bits per heavy atom. The smallest absolute Gasteiger partial charge is 0.241 e. The first kappa shape index (κ1) is 17.5. The molecule has 0 spiro atoms. The molecule has 0 aliphatic carbocycles. The number of carbonyl (C=O) groups is 1. The standard InChI is InChI=1S/C17H15Cl2FN4O/c1-23(2)15(25)9-24-6-4-11-14(24)3-5-21-17(11)22-16-12(18)7-10(20)8-13(16)19/h3-8H,9H2,1-2H3,(H,21,22). The van der Waals surface area contributed by atoms with Crippen LogP contribution in [0.5, 0.6) is 0 Å². The van der Waals surface area contributed by atoms with E-state index in [0.717, 1.165) is 10.9 Å². The molecule has 0 saturated carbocycles. The van der Waals surface area contributed by atoms with E-state index in [-0.39, 0.29) is 22.5 Å². The minimum atomic E-state index is -0.514. The minimum Gasteiger partial charge on any atom is -0.347 e. The minimum absolute atomic E-state index is 0.0200. The molecule has 3 rings (SSSR count). The van der Waals surface area contributed by atoms with Gasteiger partial charge in [0.15, 0.2) is 0 Å². The zero-order chi connectivity index (χ0) is 18.1. The molecule has 0 radical (unpaired) electrons. The number of benzene rings is 1. The van der Waals surface area contributed by atoms with Gasteiger partial charge in [0.05, 0.1) is 21.2 Å². The maximum atomic E-state index is 13.3. The lowest BCUT2D eigenvalue weighted by Crippen LogP contribution is -2.25. The van der Waals surface area contributed by atoms with Crippen LogP contribution < -0.4 is 5.32 Å². The highest BCUT2D eigenvalue weighted by Gasteiger charge is 2.14. The lowest BCUT2D eigenvalue weighted by Gasteiger charge is -2.13. The van der Waals surface area contributed by atoms with Gasteiger partial charge in [-0.3, -0.25) is 4.79 Å². The van der Waals surface area contributed by atoms with Crippen molar-refractivity contribution < 1.29 is 9.18 Å². The number of rotatable bonds is 4. The van der Waals surface area contributed by atoms with Crippen molar-refractivity contribution in [2.75, 3.05) is 19.4 Å². The number of nitrogens with one attached hydrogen (secondary N) is 1. The molecule has 0 atom stereocenters. The van der Waals surface area contributed by atoms with E-state index in [1.807, 2.05) is 22.9 Å². The first-order chi connectivity index (χ1) is 11.9. The Morgan fingerprint density at radius 1 is 1.28 bits per heavy atom. The highest BCUT2D eigenvalue weighted by molar-refractivity contribution is 6.39. The molecule has 0 aliphatic rings. The summed E-state index contributed by atoms with van der Waals surface area (Å²) >= 11 is 12.1. The van der Waals surface area contributed by atoms with Gasteiger partial charge in [-0.15, -0.1) is 0 Å². The number of nitrogens with zero attached hydrogens (tertiary/aromatic N) is 3. The average molecular weight is 381 g/mol. The maximum Gasteiger partial charge on any atom is 0.241 e. The second kappa shape index (κ2) is 6.90. The zero-order valence-corrected chi connectivity index (χ0v) is 15.1. The summed E-state index contributed by atoms with van der Waals surface area (Å²) in [6.07, 6.45) is 3.43. The van der Waals surface area contributed by atoms with Gasteiger partial charge in [-0.05, 0) is 24.3 Å². The van der Waals surface area contributed by atoms with Gasteiger partial charge in [0.1, 0.15) is 18.2 Å². The van der Waals surface area contributed by atoms with Gasteiger partial charge in [-0.2, -0.15) is 0 Å². The number of likely N-dealkylation sites (N-methyl/N-ethyl adjacent to an activating group) is 1. The topological polar surface area (TPSA) is 50.2 Å². The Morgan fingerprint density at radius 3 is 2.60 bits per heavy atom.